The molecular formula is C12H22N4OS. The monoisotopic (exact) mass is 270 g/mol. The van der Waals surface area contributed by atoms with Crippen molar-refractivity contribution < 1.29 is 4.74 Å². The van der Waals surface area contributed by atoms with Crippen LogP contribution in [-0.4, -0.2) is 47.8 Å². The second kappa shape index (κ2) is 7.01. The summed E-state index contributed by atoms with van der Waals surface area (Å²) in [6, 6.07) is 0. The maximum atomic E-state index is 5.63. The molecule has 0 spiro atoms. The van der Waals surface area contributed by atoms with Gasteiger partial charge >= 0.3 is 0 Å². The predicted molar refractivity (Wildman–Crippen MR) is 73.9 cm³/mol. The van der Waals surface area contributed by atoms with Gasteiger partial charge in [-0.1, -0.05) is 4.49 Å². The average Bonchev–Trinajstić information content (AvgIpc) is 3.08. The third-order valence-electron chi connectivity index (χ3n) is 2.98. The molecule has 0 aliphatic heterocycles. The molecule has 1 fully saturated rings. The Balaban J connectivity index is 1.65. The molecule has 0 aromatic carbocycles. The van der Waals surface area contributed by atoms with Gasteiger partial charge in [-0.3, -0.25) is 4.90 Å². The Kier molecular flexibility index (Phi) is 5.34. The van der Waals surface area contributed by atoms with Gasteiger partial charge in [0.2, 0.25) is 0 Å². The van der Waals surface area contributed by atoms with Crippen molar-refractivity contribution in [3.8, 4) is 0 Å². The van der Waals surface area contributed by atoms with Crippen molar-refractivity contribution in [3.63, 3.8) is 0 Å². The molecule has 1 aromatic rings. The van der Waals surface area contributed by atoms with Gasteiger partial charge in [0.15, 0.2) is 0 Å². The lowest BCUT2D eigenvalue weighted by Crippen LogP contribution is -2.23. The van der Waals surface area contributed by atoms with E-state index in [0.717, 1.165) is 49.5 Å². The van der Waals surface area contributed by atoms with E-state index in [0.29, 0.717) is 0 Å². The van der Waals surface area contributed by atoms with E-state index in [4.69, 9.17) is 4.74 Å². The van der Waals surface area contributed by atoms with E-state index in [1.165, 1.54) is 24.4 Å². The number of hydrogen-bond acceptors (Lipinski definition) is 6. The SMILES string of the molecule is CCNc1snnc1CN(C)CCOCC1CC1. The van der Waals surface area contributed by atoms with E-state index >= 15 is 0 Å². The van der Waals surface area contributed by atoms with Gasteiger partial charge in [-0.2, -0.15) is 0 Å². The van der Waals surface area contributed by atoms with Gasteiger partial charge in [-0.05, 0) is 32.7 Å². The zero-order valence-electron chi connectivity index (χ0n) is 11.2. The molecule has 0 amide bonds. The molecule has 0 bridgehead atoms. The average molecular weight is 270 g/mol. The number of aromatic nitrogens is 2. The first-order chi connectivity index (χ1) is 8.79. The van der Waals surface area contributed by atoms with Crippen molar-refractivity contribution >= 4 is 16.5 Å². The van der Waals surface area contributed by atoms with Gasteiger partial charge in [0.05, 0.1) is 6.61 Å². The standard InChI is InChI=1S/C12H22N4OS/c1-3-13-12-11(14-15-18-12)8-16(2)6-7-17-9-10-4-5-10/h10,13H,3-9H2,1-2H3. The lowest BCUT2D eigenvalue weighted by atomic mass is 10.4. The summed E-state index contributed by atoms with van der Waals surface area (Å²) in [5, 5.41) is 8.54. The highest BCUT2D eigenvalue weighted by atomic mass is 32.1. The quantitative estimate of drug-likeness (QED) is 0.694. The summed E-state index contributed by atoms with van der Waals surface area (Å²) in [7, 11) is 2.09. The second-order valence-corrected chi connectivity index (χ2v) is 5.59. The largest absolute Gasteiger partial charge is 0.380 e. The van der Waals surface area contributed by atoms with Crippen LogP contribution in [0.25, 0.3) is 0 Å². The normalized spacial score (nSPS) is 15.3. The van der Waals surface area contributed by atoms with Crippen LogP contribution in [0.3, 0.4) is 0 Å². The maximum Gasteiger partial charge on any atom is 0.134 e. The Morgan fingerprint density at radius 3 is 3.06 bits per heavy atom. The summed E-state index contributed by atoms with van der Waals surface area (Å²) in [6.45, 7) is 6.50. The Bertz CT molecular complexity index is 354. The van der Waals surface area contributed by atoms with Gasteiger partial charge in [0.25, 0.3) is 0 Å². The number of nitrogens with zero attached hydrogens (tertiary/aromatic N) is 3. The van der Waals surface area contributed by atoms with Crippen LogP contribution in [0.5, 0.6) is 0 Å². The molecule has 0 radical (unpaired) electrons. The van der Waals surface area contributed by atoms with Crippen molar-refractivity contribution in [1.82, 2.24) is 14.5 Å². The van der Waals surface area contributed by atoms with Gasteiger partial charge in [0.1, 0.15) is 10.7 Å². The minimum Gasteiger partial charge on any atom is -0.380 e. The van der Waals surface area contributed by atoms with Crippen LogP contribution in [-0.2, 0) is 11.3 Å². The Morgan fingerprint density at radius 2 is 2.33 bits per heavy atom. The maximum absolute atomic E-state index is 5.63. The zero-order chi connectivity index (χ0) is 12.8. The molecule has 1 aliphatic rings. The fraction of sp³-hybridized carbons (Fsp3) is 0.833. The van der Waals surface area contributed by atoms with E-state index in [2.05, 4.69) is 33.8 Å². The number of anilines is 1. The van der Waals surface area contributed by atoms with E-state index in [1.807, 2.05) is 0 Å². The first kappa shape index (κ1) is 13.7. The van der Waals surface area contributed by atoms with Crippen molar-refractivity contribution in [2.75, 3.05) is 38.7 Å². The number of nitrogens with one attached hydrogen (secondary N) is 1. The van der Waals surface area contributed by atoms with Crippen LogP contribution in [0.1, 0.15) is 25.5 Å². The van der Waals surface area contributed by atoms with Crippen molar-refractivity contribution in [3.05, 3.63) is 5.69 Å². The minimum absolute atomic E-state index is 0.807. The molecule has 0 unspecified atom stereocenters. The molecule has 1 N–H and O–H groups in total. The smallest absolute Gasteiger partial charge is 0.134 e. The topological polar surface area (TPSA) is 50.3 Å². The zero-order valence-corrected chi connectivity index (χ0v) is 12.0. The summed E-state index contributed by atoms with van der Waals surface area (Å²) in [6.07, 6.45) is 2.71. The highest BCUT2D eigenvalue weighted by Crippen LogP contribution is 2.28. The molecule has 0 atom stereocenters. The van der Waals surface area contributed by atoms with Crippen molar-refractivity contribution in [1.29, 1.82) is 0 Å². The third kappa shape index (κ3) is 4.51. The number of ether oxygens (including phenoxy) is 1. The fourth-order valence-electron chi connectivity index (χ4n) is 1.70. The Labute approximate surface area is 113 Å². The molecule has 1 saturated carbocycles. The summed E-state index contributed by atoms with van der Waals surface area (Å²) >= 11 is 1.43. The molecule has 0 saturated heterocycles. The van der Waals surface area contributed by atoms with Gasteiger partial charge in [0, 0.05) is 37.8 Å². The summed E-state index contributed by atoms with van der Waals surface area (Å²) in [5.74, 6) is 0.846. The molecule has 5 nitrogen and oxygen atoms in total. The highest BCUT2D eigenvalue weighted by Gasteiger charge is 2.21. The number of rotatable bonds is 9. The van der Waals surface area contributed by atoms with Crippen LogP contribution >= 0.6 is 11.5 Å². The Morgan fingerprint density at radius 1 is 1.50 bits per heavy atom. The molecule has 18 heavy (non-hydrogen) atoms. The van der Waals surface area contributed by atoms with Gasteiger partial charge < -0.3 is 10.1 Å². The summed E-state index contributed by atoms with van der Waals surface area (Å²) in [5.41, 5.74) is 1.03. The lowest BCUT2D eigenvalue weighted by Gasteiger charge is -2.15. The number of hydrogen-bond donors (Lipinski definition) is 1. The second-order valence-electron chi connectivity index (χ2n) is 4.84. The van der Waals surface area contributed by atoms with Crippen molar-refractivity contribution in [2.24, 2.45) is 5.92 Å². The summed E-state index contributed by atoms with van der Waals surface area (Å²) in [4.78, 5) is 2.23. The molecule has 1 aliphatic carbocycles. The van der Waals surface area contributed by atoms with Crippen LogP contribution in [0.2, 0.25) is 0 Å². The van der Waals surface area contributed by atoms with Crippen LogP contribution in [0, 0.1) is 5.92 Å². The van der Waals surface area contributed by atoms with E-state index in [-0.39, 0.29) is 0 Å². The van der Waals surface area contributed by atoms with Gasteiger partial charge in [-0.25, -0.2) is 0 Å². The fourth-order valence-corrected chi connectivity index (χ4v) is 2.34. The third-order valence-corrected chi connectivity index (χ3v) is 3.71. The molecule has 6 heteroatoms. The van der Waals surface area contributed by atoms with E-state index < -0.39 is 0 Å². The first-order valence-electron chi connectivity index (χ1n) is 6.61. The number of likely N-dealkylation sites (N-methyl/N-ethyl adjacent to an activating group) is 1. The van der Waals surface area contributed by atoms with Crippen LogP contribution in [0.15, 0.2) is 0 Å². The van der Waals surface area contributed by atoms with Crippen LogP contribution in [0.4, 0.5) is 5.00 Å². The minimum atomic E-state index is 0.807. The first-order valence-corrected chi connectivity index (χ1v) is 7.38. The van der Waals surface area contributed by atoms with Gasteiger partial charge in [-0.15, -0.1) is 5.10 Å². The molecule has 102 valence electrons. The van der Waals surface area contributed by atoms with Crippen molar-refractivity contribution in [2.45, 2.75) is 26.3 Å². The molecule has 1 aromatic heterocycles. The molecular weight excluding hydrogens is 248 g/mol. The lowest BCUT2D eigenvalue weighted by molar-refractivity contribution is 0.101. The summed E-state index contributed by atoms with van der Waals surface area (Å²) < 4.78 is 9.63. The van der Waals surface area contributed by atoms with E-state index in [9.17, 15) is 0 Å². The molecule has 1 heterocycles. The highest BCUT2D eigenvalue weighted by molar-refractivity contribution is 7.10. The Hall–Kier alpha value is -0.720. The molecule has 2 rings (SSSR count). The predicted octanol–water partition coefficient (Wildman–Crippen LogP) is 1.83. The van der Waals surface area contributed by atoms with Crippen LogP contribution < -0.4 is 5.32 Å². The van der Waals surface area contributed by atoms with E-state index in [1.54, 1.807) is 0 Å².